The fraction of sp³-hybridized carbons (Fsp3) is 0.946. The van der Waals surface area contributed by atoms with Crippen molar-refractivity contribution in [3.8, 4) is 0 Å². The van der Waals surface area contributed by atoms with E-state index in [0.29, 0.717) is 25.7 Å². The summed E-state index contributed by atoms with van der Waals surface area (Å²) in [5.41, 5.74) is 0. The molecule has 0 rings (SSSR count). The minimum absolute atomic E-state index is 0.105. The zero-order chi connectivity index (χ0) is 68.7. The maximum Gasteiger partial charge on any atom is 0.472 e. The SMILES string of the molecule is CCCCCCCCCCC(=O)OC[C@H](COP(=O)(O)OC[C@H](O)COP(=O)(O)OC[C@@H](COC(=O)CCCCCCCCCCCCCCCC(C)C)OC(=O)CCCCCCCCCCCCCCCCC(C)C)OC(=O)CCCCCCCCCCCC(C)C. The molecule has 0 aliphatic carbocycles. The summed E-state index contributed by atoms with van der Waals surface area (Å²) in [7, 11) is -9.90. The standard InChI is InChI=1S/C74H144O17P2/c1-8-9-10-11-12-34-41-48-55-71(76)84-61-69(91-74(79)58-51-44-37-30-24-27-33-40-47-54-67(6)7)63-88-92(80,81)86-59-68(75)60-87-93(82,83)89-64-70(62-85-72(77)56-49-42-35-28-22-19-15-17-21-26-32-39-46-53-66(4)5)90-73(78)57-50-43-36-29-23-18-14-13-16-20-25-31-38-45-52-65(2)3/h65-70,75H,8-64H2,1-7H3,(H,80,81)(H,82,83)/t68-,69+,70+/m0/s1. The summed E-state index contributed by atoms with van der Waals surface area (Å²) in [6, 6.07) is 0. The Morgan fingerprint density at radius 1 is 0.290 bits per heavy atom. The molecule has 0 bridgehead atoms. The average Bonchev–Trinajstić information content (AvgIpc) is 3.05. The molecule has 0 aliphatic rings. The van der Waals surface area contributed by atoms with Crippen LogP contribution in [-0.4, -0.2) is 96.7 Å². The van der Waals surface area contributed by atoms with Crippen LogP contribution >= 0.6 is 15.6 Å². The van der Waals surface area contributed by atoms with Gasteiger partial charge in [0.05, 0.1) is 26.4 Å². The molecule has 93 heavy (non-hydrogen) atoms. The van der Waals surface area contributed by atoms with Gasteiger partial charge in [-0.3, -0.25) is 37.3 Å². The first-order chi connectivity index (χ1) is 44.7. The van der Waals surface area contributed by atoms with Crippen LogP contribution in [0.25, 0.3) is 0 Å². The van der Waals surface area contributed by atoms with Crippen molar-refractivity contribution in [1.82, 2.24) is 0 Å². The largest absolute Gasteiger partial charge is 0.472 e. The Balaban J connectivity index is 5.22. The van der Waals surface area contributed by atoms with E-state index < -0.39 is 97.5 Å². The Morgan fingerprint density at radius 2 is 0.495 bits per heavy atom. The first kappa shape index (κ1) is 91.1. The quantitative estimate of drug-likeness (QED) is 0.0222. The third kappa shape index (κ3) is 68.4. The van der Waals surface area contributed by atoms with E-state index >= 15 is 0 Å². The van der Waals surface area contributed by atoms with Crippen LogP contribution < -0.4 is 0 Å². The zero-order valence-electron chi connectivity index (χ0n) is 60.7. The van der Waals surface area contributed by atoms with Gasteiger partial charge < -0.3 is 33.8 Å². The van der Waals surface area contributed by atoms with E-state index in [-0.39, 0.29) is 25.7 Å². The minimum Gasteiger partial charge on any atom is -0.462 e. The van der Waals surface area contributed by atoms with Gasteiger partial charge in [0.15, 0.2) is 12.2 Å². The van der Waals surface area contributed by atoms with E-state index in [9.17, 15) is 43.2 Å². The topological polar surface area (TPSA) is 237 Å². The molecule has 0 saturated carbocycles. The molecule has 0 heterocycles. The second-order valence-corrected chi connectivity index (χ2v) is 31.0. The first-order valence-electron chi connectivity index (χ1n) is 38.3. The second-order valence-electron chi connectivity index (χ2n) is 28.1. The number of aliphatic hydroxyl groups excluding tert-OH is 1. The number of phosphoric ester groups is 2. The van der Waals surface area contributed by atoms with Crippen molar-refractivity contribution in [3.05, 3.63) is 0 Å². The maximum absolute atomic E-state index is 13.1. The monoisotopic (exact) mass is 1370 g/mol. The third-order valence-corrected chi connectivity index (χ3v) is 19.0. The second kappa shape index (κ2) is 64.7. The fourth-order valence-corrected chi connectivity index (χ4v) is 12.8. The molecule has 2 unspecified atom stereocenters. The van der Waals surface area contributed by atoms with Gasteiger partial charge in [0.2, 0.25) is 0 Å². The number of carbonyl (C=O) groups excluding carboxylic acids is 4. The van der Waals surface area contributed by atoms with Gasteiger partial charge in [0.1, 0.15) is 19.3 Å². The molecule has 552 valence electrons. The van der Waals surface area contributed by atoms with E-state index in [1.165, 1.54) is 180 Å². The molecule has 0 saturated heterocycles. The number of rotatable bonds is 72. The summed E-state index contributed by atoms with van der Waals surface area (Å²) in [4.78, 5) is 72.6. The highest BCUT2D eigenvalue weighted by Gasteiger charge is 2.30. The van der Waals surface area contributed by atoms with Crippen LogP contribution in [0.1, 0.15) is 376 Å². The molecule has 0 aromatic carbocycles. The smallest absolute Gasteiger partial charge is 0.462 e. The molecule has 0 spiro atoms. The van der Waals surface area contributed by atoms with Gasteiger partial charge in [0.25, 0.3) is 0 Å². The van der Waals surface area contributed by atoms with Crippen molar-refractivity contribution in [2.45, 2.75) is 394 Å². The number of esters is 4. The van der Waals surface area contributed by atoms with Crippen LogP contribution in [0.4, 0.5) is 0 Å². The van der Waals surface area contributed by atoms with Crippen LogP contribution in [0.5, 0.6) is 0 Å². The molecule has 17 nitrogen and oxygen atoms in total. The van der Waals surface area contributed by atoms with Crippen LogP contribution in [0.3, 0.4) is 0 Å². The van der Waals surface area contributed by atoms with Gasteiger partial charge in [0, 0.05) is 25.7 Å². The molecule has 19 heteroatoms. The van der Waals surface area contributed by atoms with E-state index in [4.69, 9.17) is 37.0 Å². The Hall–Kier alpha value is -1.94. The molecule has 0 aromatic rings. The van der Waals surface area contributed by atoms with Crippen molar-refractivity contribution in [1.29, 1.82) is 0 Å². The Kier molecular flexibility index (Phi) is 63.4. The van der Waals surface area contributed by atoms with Crippen molar-refractivity contribution in [2.75, 3.05) is 39.6 Å². The highest BCUT2D eigenvalue weighted by molar-refractivity contribution is 7.47. The lowest BCUT2D eigenvalue weighted by atomic mass is 10.0. The van der Waals surface area contributed by atoms with Crippen molar-refractivity contribution < 1.29 is 80.2 Å². The summed E-state index contributed by atoms with van der Waals surface area (Å²) in [5, 5.41) is 10.6. The molecule has 0 amide bonds. The van der Waals surface area contributed by atoms with E-state index in [2.05, 4.69) is 48.5 Å². The van der Waals surface area contributed by atoms with Crippen LogP contribution in [0.15, 0.2) is 0 Å². The molecule has 5 atom stereocenters. The van der Waals surface area contributed by atoms with Gasteiger partial charge in [-0.15, -0.1) is 0 Å². The predicted octanol–water partition coefficient (Wildman–Crippen LogP) is 21.4. The van der Waals surface area contributed by atoms with Crippen LogP contribution in [-0.2, 0) is 65.4 Å². The molecule has 0 aliphatic heterocycles. The number of aliphatic hydroxyl groups is 1. The number of phosphoric acid groups is 2. The van der Waals surface area contributed by atoms with Crippen molar-refractivity contribution in [2.24, 2.45) is 17.8 Å². The van der Waals surface area contributed by atoms with Crippen LogP contribution in [0.2, 0.25) is 0 Å². The Morgan fingerprint density at radius 3 is 0.731 bits per heavy atom. The molecular formula is C74H144O17P2. The summed E-state index contributed by atoms with van der Waals surface area (Å²) >= 11 is 0. The van der Waals surface area contributed by atoms with Gasteiger partial charge >= 0.3 is 39.5 Å². The number of ether oxygens (including phenoxy) is 4. The highest BCUT2D eigenvalue weighted by Crippen LogP contribution is 2.45. The molecule has 0 radical (unpaired) electrons. The third-order valence-electron chi connectivity index (χ3n) is 17.1. The van der Waals surface area contributed by atoms with E-state index in [1.807, 2.05) is 0 Å². The van der Waals surface area contributed by atoms with E-state index in [1.54, 1.807) is 0 Å². The predicted molar refractivity (Wildman–Crippen MR) is 377 cm³/mol. The lowest BCUT2D eigenvalue weighted by Crippen LogP contribution is -2.30. The summed E-state index contributed by atoms with van der Waals surface area (Å²) < 4.78 is 68.4. The Bertz CT molecular complexity index is 1820. The average molecular weight is 1370 g/mol. The Labute approximate surface area is 568 Å². The van der Waals surface area contributed by atoms with Gasteiger partial charge in [-0.05, 0) is 43.4 Å². The van der Waals surface area contributed by atoms with Gasteiger partial charge in [-0.25, -0.2) is 9.13 Å². The van der Waals surface area contributed by atoms with Gasteiger partial charge in [-0.2, -0.15) is 0 Å². The lowest BCUT2D eigenvalue weighted by Gasteiger charge is -2.21. The molecule has 0 aromatic heterocycles. The highest BCUT2D eigenvalue weighted by atomic mass is 31.2. The fourth-order valence-electron chi connectivity index (χ4n) is 11.2. The molecular weight excluding hydrogens is 1220 g/mol. The normalized spacial score (nSPS) is 14.1. The first-order valence-corrected chi connectivity index (χ1v) is 41.3. The zero-order valence-corrected chi connectivity index (χ0v) is 62.5. The molecule has 3 N–H and O–H groups in total. The number of hydrogen-bond acceptors (Lipinski definition) is 15. The summed E-state index contributed by atoms with van der Waals surface area (Å²) in [6.07, 6.45) is 50.0. The van der Waals surface area contributed by atoms with Gasteiger partial charge in [-0.1, -0.05) is 325 Å². The number of carbonyl (C=O) groups is 4. The minimum atomic E-state index is -4.96. The molecule has 0 fully saturated rings. The number of unbranched alkanes of at least 4 members (excludes halogenated alkanes) is 40. The van der Waals surface area contributed by atoms with Crippen molar-refractivity contribution in [3.63, 3.8) is 0 Å². The van der Waals surface area contributed by atoms with Crippen LogP contribution in [0, 0.1) is 17.8 Å². The summed E-state index contributed by atoms with van der Waals surface area (Å²) in [5.74, 6) is 0.200. The number of hydrogen-bond donors (Lipinski definition) is 3. The van der Waals surface area contributed by atoms with E-state index in [0.717, 1.165) is 114 Å². The summed E-state index contributed by atoms with van der Waals surface area (Å²) in [6.45, 7) is 11.9. The maximum atomic E-state index is 13.1. The lowest BCUT2D eigenvalue weighted by molar-refractivity contribution is -0.161. The van der Waals surface area contributed by atoms with Crippen molar-refractivity contribution >= 4 is 39.5 Å².